The third kappa shape index (κ3) is 3.44. The quantitative estimate of drug-likeness (QED) is 0.747. The summed E-state index contributed by atoms with van der Waals surface area (Å²) in [6.45, 7) is 2.58. The molecule has 0 radical (unpaired) electrons. The van der Waals surface area contributed by atoms with Gasteiger partial charge in [0.05, 0.1) is 24.1 Å². The van der Waals surface area contributed by atoms with Crippen molar-refractivity contribution < 1.29 is 14.1 Å². The van der Waals surface area contributed by atoms with Crippen molar-refractivity contribution in [1.29, 1.82) is 0 Å². The van der Waals surface area contributed by atoms with Crippen LogP contribution < -0.4 is 11.1 Å². The fourth-order valence-electron chi connectivity index (χ4n) is 1.55. The van der Waals surface area contributed by atoms with Crippen LogP contribution in [-0.4, -0.2) is 34.2 Å². The van der Waals surface area contributed by atoms with Gasteiger partial charge in [0.15, 0.2) is 5.82 Å². The molecule has 0 aliphatic rings. The number of pyridine rings is 1. The molecule has 2 rings (SSSR count). The number of hydrogen-bond donors (Lipinski definition) is 2. The molecule has 0 fully saturated rings. The van der Waals surface area contributed by atoms with Crippen LogP contribution >= 0.6 is 0 Å². The van der Waals surface area contributed by atoms with Gasteiger partial charge in [-0.3, -0.25) is 0 Å². The number of hydrogen-bond acceptors (Lipinski definition) is 8. The van der Waals surface area contributed by atoms with E-state index in [9.17, 15) is 4.79 Å². The summed E-state index contributed by atoms with van der Waals surface area (Å²) < 4.78 is 9.55. The molecule has 106 valence electrons. The molecule has 2 heterocycles. The van der Waals surface area contributed by atoms with E-state index in [1.165, 1.54) is 12.6 Å². The summed E-state index contributed by atoms with van der Waals surface area (Å²) in [7, 11) is 0. The predicted molar refractivity (Wildman–Crippen MR) is 71.1 cm³/mol. The number of ether oxygens (including phenoxy) is 1. The van der Waals surface area contributed by atoms with E-state index in [1.807, 2.05) is 0 Å². The van der Waals surface area contributed by atoms with Crippen molar-refractivity contribution in [3.05, 3.63) is 30.0 Å². The Labute approximate surface area is 115 Å². The van der Waals surface area contributed by atoms with Crippen LogP contribution in [0.25, 0.3) is 0 Å². The predicted octanol–water partition coefficient (Wildman–Crippen LogP) is 0.878. The Balaban J connectivity index is 1.98. The lowest BCUT2D eigenvalue weighted by atomic mass is 10.2. The van der Waals surface area contributed by atoms with E-state index >= 15 is 0 Å². The van der Waals surface area contributed by atoms with Gasteiger partial charge < -0.3 is 20.3 Å². The van der Waals surface area contributed by atoms with E-state index in [0.29, 0.717) is 36.8 Å². The Bertz CT molecular complexity index is 570. The van der Waals surface area contributed by atoms with Gasteiger partial charge in [0.2, 0.25) is 6.39 Å². The zero-order valence-corrected chi connectivity index (χ0v) is 11.0. The normalized spacial score (nSPS) is 10.2. The second-order valence-electron chi connectivity index (χ2n) is 3.90. The minimum atomic E-state index is -0.464. The highest BCUT2D eigenvalue weighted by molar-refractivity contribution is 5.95. The summed E-state index contributed by atoms with van der Waals surface area (Å²) in [6, 6.07) is 1.56. The van der Waals surface area contributed by atoms with Crippen molar-refractivity contribution in [3.8, 4) is 0 Å². The molecule has 0 atom stereocenters. The molecule has 0 unspecified atom stereocenters. The van der Waals surface area contributed by atoms with Crippen molar-refractivity contribution in [2.24, 2.45) is 0 Å². The third-order valence-electron chi connectivity index (χ3n) is 2.49. The average molecular weight is 277 g/mol. The first kappa shape index (κ1) is 13.8. The molecule has 20 heavy (non-hydrogen) atoms. The van der Waals surface area contributed by atoms with E-state index < -0.39 is 5.97 Å². The highest BCUT2D eigenvalue weighted by atomic mass is 16.5. The summed E-state index contributed by atoms with van der Waals surface area (Å²) in [5.74, 6) is 0.665. The van der Waals surface area contributed by atoms with Gasteiger partial charge in [0.1, 0.15) is 5.82 Å². The van der Waals surface area contributed by atoms with E-state index in [-0.39, 0.29) is 5.69 Å². The van der Waals surface area contributed by atoms with Crippen LogP contribution in [0.15, 0.2) is 23.2 Å². The molecular weight excluding hydrogens is 262 g/mol. The lowest BCUT2D eigenvalue weighted by Gasteiger charge is -2.08. The van der Waals surface area contributed by atoms with Crippen LogP contribution in [0.3, 0.4) is 0 Å². The third-order valence-corrected chi connectivity index (χ3v) is 2.49. The molecular formula is C12H15N5O3. The topological polar surface area (TPSA) is 116 Å². The number of nitrogens with one attached hydrogen (secondary N) is 1. The molecule has 2 aromatic rings. The number of aromatic nitrogens is 3. The number of nitrogens with two attached hydrogens (primary N) is 1. The van der Waals surface area contributed by atoms with Crippen LogP contribution in [0.4, 0.5) is 11.5 Å². The fourth-order valence-corrected chi connectivity index (χ4v) is 1.55. The monoisotopic (exact) mass is 277 g/mol. The molecule has 3 N–H and O–H groups in total. The van der Waals surface area contributed by atoms with Crippen molar-refractivity contribution in [2.45, 2.75) is 13.3 Å². The number of carbonyl (C=O) groups excluding carboxylic acids is 1. The number of anilines is 2. The second-order valence-corrected chi connectivity index (χ2v) is 3.90. The van der Waals surface area contributed by atoms with Crippen molar-refractivity contribution in [1.82, 2.24) is 15.1 Å². The Kier molecular flexibility index (Phi) is 4.48. The van der Waals surface area contributed by atoms with E-state index in [1.54, 1.807) is 13.0 Å². The maximum Gasteiger partial charge on any atom is 0.340 e. The molecule has 0 aromatic carbocycles. The first-order valence-electron chi connectivity index (χ1n) is 6.12. The number of rotatable bonds is 6. The Hall–Kier alpha value is -2.64. The van der Waals surface area contributed by atoms with Gasteiger partial charge in [-0.05, 0) is 13.0 Å². The first-order chi connectivity index (χ1) is 9.70. The standard InChI is InChI=1S/C12H15N5O3/c1-2-19-12(18)8-5-11(15-6-9(8)13)14-4-3-10-16-7-20-17-10/h5-7H,2-4,13H2,1H3,(H,14,15). The highest BCUT2D eigenvalue weighted by Gasteiger charge is 2.12. The molecule has 0 aliphatic heterocycles. The van der Waals surface area contributed by atoms with Crippen LogP contribution in [0, 0.1) is 0 Å². The summed E-state index contributed by atoms with van der Waals surface area (Å²) in [4.78, 5) is 19.7. The number of nitrogens with zero attached hydrogens (tertiary/aromatic N) is 3. The second kappa shape index (κ2) is 6.50. The Morgan fingerprint density at radius 2 is 2.35 bits per heavy atom. The SMILES string of the molecule is CCOC(=O)c1cc(NCCc2ncon2)ncc1N. The smallest absolute Gasteiger partial charge is 0.340 e. The molecule has 0 saturated carbocycles. The van der Waals surface area contributed by atoms with E-state index in [2.05, 4.69) is 25.0 Å². The average Bonchev–Trinajstić information content (AvgIpc) is 2.94. The van der Waals surface area contributed by atoms with E-state index in [4.69, 9.17) is 10.5 Å². The molecule has 2 aromatic heterocycles. The lowest BCUT2D eigenvalue weighted by molar-refractivity contribution is 0.0527. The summed E-state index contributed by atoms with van der Waals surface area (Å²) in [5.41, 5.74) is 6.28. The molecule has 0 bridgehead atoms. The van der Waals surface area contributed by atoms with Gasteiger partial charge in [-0.15, -0.1) is 0 Å². The van der Waals surface area contributed by atoms with Crippen LogP contribution in [0.5, 0.6) is 0 Å². The maximum atomic E-state index is 11.7. The highest BCUT2D eigenvalue weighted by Crippen LogP contribution is 2.16. The van der Waals surface area contributed by atoms with Crippen LogP contribution in [0.1, 0.15) is 23.1 Å². The zero-order valence-electron chi connectivity index (χ0n) is 11.0. The summed E-state index contributed by atoms with van der Waals surface area (Å²) >= 11 is 0. The van der Waals surface area contributed by atoms with Gasteiger partial charge in [-0.25, -0.2) is 9.78 Å². The summed E-state index contributed by atoms with van der Waals surface area (Å²) in [5, 5.41) is 6.74. The molecule has 0 amide bonds. The Morgan fingerprint density at radius 3 is 3.05 bits per heavy atom. The van der Waals surface area contributed by atoms with Gasteiger partial charge in [0, 0.05) is 13.0 Å². The van der Waals surface area contributed by atoms with Crippen LogP contribution in [0.2, 0.25) is 0 Å². The van der Waals surface area contributed by atoms with E-state index in [0.717, 1.165) is 0 Å². The van der Waals surface area contributed by atoms with Gasteiger partial charge in [0.25, 0.3) is 0 Å². The van der Waals surface area contributed by atoms with Gasteiger partial charge in [-0.2, -0.15) is 4.98 Å². The molecule has 8 heteroatoms. The zero-order chi connectivity index (χ0) is 14.4. The molecule has 0 aliphatic carbocycles. The van der Waals surface area contributed by atoms with Crippen molar-refractivity contribution >= 4 is 17.5 Å². The number of nitrogen functional groups attached to an aromatic ring is 1. The van der Waals surface area contributed by atoms with Gasteiger partial charge >= 0.3 is 5.97 Å². The van der Waals surface area contributed by atoms with Crippen molar-refractivity contribution in [3.63, 3.8) is 0 Å². The number of esters is 1. The minimum Gasteiger partial charge on any atom is -0.462 e. The number of carbonyl (C=O) groups is 1. The van der Waals surface area contributed by atoms with Crippen molar-refractivity contribution in [2.75, 3.05) is 24.2 Å². The van der Waals surface area contributed by atoms with Gasteiger partial charge in [-0.1, -0.05) is 5.16 Å². The molecule has 8 nitrogen and oxygen atoms in total. The molecule has 0 spiro atoms. The maximum absolute atomic E-state index is 11.7. The lowest BCUT2D eigenvalue weighted by Crippen LogP contribution is -2.12. The Morgan fingerprint density at radius 1 is 1.50 bits per heavy atom. The largest absolute Gasteiger partial charge is 0.462 e. The van der Waals surface area contributed by atoms with Crippen LogP contribution in [-0.2, 0) is 11.2 Å². The fraction of sp³-hybridized carbons (Fsp3) is 0.333. The molecule has 0 saturated heterocycles. The minimum absolute atomic E-state index is 0.284. The summed E-state index contributed by atoms with van der Waals surface area (Å²) in [6.07, 6.45) is 3.27. The first-order valence-corrected chi connectivity index (χ1v) is 6.12.